The molecule has 1 heterocycles. The number of carboxylic acid groups (broad SMARTS) is 1. The minimum absolute atomic E-state index is 0.172. The summed E-state index contributed by atoms with van der Waals surface area (Å²) in [6, 6.07) is 5.19. The Hall–Kier alpha value is -3.23. The zero-order valence-electron chi connectivity index (χ0n) is 13.8. The van der Waals surface area contributed by atoms with E-state index in [9.17, 15) is 24.8 Å². The molecule has 0 aliphatic rings. The van der Waals surface area contributed by atoms with Gasteiger partial charge in [-0.2, -0.15) is 0 Å². The van der Waals surface area contributed by atoms with Gasteiger partial charge in [-0.3, -0.25) is 10.1 Å². The molecule has 0 fully saturated rings. The number of nitrogens with zero attached hydrogens (tertiary/aromatic N) is 2. The van der Waals surface area contributed by atoms with Gasteiger partial charge in [0.15, 0.2) is 0 Å². The molecule has 0 aliphatic heterocycles. The number of nitro benzene ring substituents is 1. The number of nitro groups is 1. The van der Waals surface area contributed by atoms with Crippen molar-refractivity contribution in [1.29, 1.82) is 0 Å². The lowest BCUT2D eigenvalue weighted by atomic mass is 9.93. The first-order chi connectivity index (χ1) is 11.6. The number of carbonyl (C=O) groups is 2. The van der Waals surface area contributed by atoms with Crippen LogP contribution in [0.5, 0.6) is 0 Å². The van der Waals surface area contributed by atoms with E-state index >= 15 is 0 Å². The highest BCUT2D eigenvalue weighted by molar-refractivity contribution is 5.88. The average Bonchev–Trinajstić information content (AvgIpc) is 3.02. The highest BCUT2D eigenvalue weighted by Gasteiger charge is 2.32. The molecule has 0 saturated heterocycles. The Morgan fingerprint density at radius 1 is 1.32 bits per heavy atom. The summed E-state index contributed by atoms with van der Waals surface area (Å²) in [5, 5.41) is 20.4. The van der Waals surface area contributed by atoms with E-state index in [0.29, 0.717) is 5.69 Å². The van der Waals surface area contributed by atoms with Gasteiger partial charge < -0.3 is 14.8 Å². The van der Waals surface area contributed by atoms with Crippen LogP contribution in [0, 0.1) is 10.1 Å². The Morgan fingerprint density at radius 3 is 2.48 bits per heavy atom. The summed E-state index contributed by atoms with van der Waals surface area (Å²) in [6.07, 6.45) is -0.297. The van der Waals surface area contributed by atoms with Gasteiger partial charge >= 0.3 is 11.9 Å². The maximum absolute atomic E-state index is 12.2. The lowest BCUT2D eigenvalue weighted by molar-refractivity contribution is -0.386. The van der Waals surface area contributed by atoms with Crippen LogP contribution in [-0.4, -0.2) is 31.9 Å². The molecule has 2 N–H and O–H groups in total. The Kier molecular flexibility index (Phi) is 4.87. The van der Waals surface area contributed by atoms with Crippen LogP contribution < -0.4 is 0 Å². The fraction of sp³-hybridized carbons (Fsp3) is 0.312. The monoisotopic (exact) mass is 347 g/mol. The third kappa shape index (κ3) is 4.00. The zero-order chi connectivity index (χ0) is 18.8. The summed E-state index contributed by atoms with van der Waals surface area (Å²) in [6.45, 7) is 5.68. The summed E-state index contributed by atoms with van der Waals surface area (Å²) in [5.41, 5.74) is -0.398. The third-order valence-corrected chi connectivity index (χ3v) is 3.40. The second kappa shape index (κ2) is 6.71. The molecule has 2 aromatic rings. The number of carbonyl (C=O) groups excluding carboxylic acids is 1. The van der Waals surface area contributed by atoms with E-state index < -0.39 is 28.7 Å². The van der Waals surface area contributed by atoms with Crippen molar-refractivity contribution in [3.8, 4) is 0 Å². The number of aliphatic carboxylic acids is 1. The standard InChI is InChI=1S/C16H17N3O6/c1-16(2,3)11-8-17-13(18-11)15(22)25-12(14(20)21)9-6-4-5-7-10(9)19(23)24/h4-8,12H,1-3H3,(H,17,18)(H,20,21). The quantitative estimate of drug-likeness (QED) is 0.482. The molecule has 25 heavy (non-hydrogen) atoms. The van der Waals surface area contributed by atoms with E-state index in [4.69, 9.17) is 4.74 Å². The fourth-order valence-electron chi connectivity index (χ4n) is 2.10. The first kappa shape index (κ1) is 18.1. The molecular formula is C16H17N3O6. The van der Waals surface area contributed by atoms with Gasteiger partial charge in [0.1, 0.15) is 0 Å². The Bertz CT molecular complexity index is 821. The summed E-state index contributed by atoms with van der Waals surface area (Å²) in [5.74, 6) is -2.71. The number of para-hydroxylation sites is 1. The molecule has 0 bridgehead atoms. The van der Waals surface area contributed by atoms with Crippen molar-refractivity contribution < 1.29 is 24.4 Å². The number of rotatable bonds is 5. The number of aromatic amines is 1. The molecule has 9 nitrogen and oxygen atoms in total. The smallest absolute Gasteiger partial charge is 0.375 e. The first-order valence-electron chi connectivity index (χ1n) is 7.34. The third-order valence-electron chi connectivity index (χ3n) is 3.40. The van der Waals surface area contributed by atoms with E-state index in [1.165, 1.54) is 24.4 Å². The van der Waals surface area contributed by atoms with Crippen LogP contribution in [0.1, 0.15) is 48.8 Å². The molecule has 132 valence electrons. The predicted molar refractivity (Wildman–Crippen MR) is 86.2 cm³/mol. The highest BCUT2D eigenvalue weighted by Crippen LogP contribution is 2.28. The van der Waals surface area contributed by atoms with Crippen molar-refractivity contribution in [3.63, 3.8) is 0 Å². The van der Waals surface area contributed by atoms with Crippen molar-refractivity contribution in [2.75, 3.05) is 0 Å². The van der Waals surface area contributed by atoms with E-state index in [1.54, 1.807) is 0 Å². The SMILES string of the molecule is CC(C)(C)c1c[nH]c(C(=O)OC(C(=O)O)c2ccccc2[N+](=O)[O-])n1. The number of hydrogen-bond acceptors (Lipinski definition) is 6. The number of ether oxygens (including phenoxy) is 1. The number of benzene rings is 1. The van der Waals surface area contributed by atoms with Crippen molar-refractivity contribution >= 4 is 17.6 Å². The maximum Gasteiger partial charge on any atom is 0.375 e. The summed E-state index contributed by atoms with van der Waals surface area (Å²) in [4.78, 5) is 40.7. The predicted octanol–water partition coefficient (Wildman–Crippen LogP) is 2.60. The average molecular weight is 347 g/mol. The van der Waals surface area contributed by atoms with Gasteiger partial charge in [-0.05, 0) is 6.07 Å². The number of carboxylic acids is 1. The zero-order valence-corrected chi connectivity index (χ0v) is 13.8. The van der Waals surface area contributed by atoms with Crippen LogP contribution >= 0.6 is 0 Å². The maximum atomic E-state index is 12.2. The molecule has 0 saturated carbocycles. The normalized spacial score (nSPS) is 12.4. The summed E-state index contributed by atoms with van der Waals surface area (Å²) in [7, 11) is 0. The molecule has 9 heteroatoms. The lowest BCUT2D eigenvalue weighted by Gasteiger charge is -2.14. The molecule has 0 radical (unpaired) electrons. The molecule has 2 rings (SSSR count). The van der Waals surface area contributed by atoms with Crippen LogP contribution in [0.15, 0.2) is 30.5 Å². The van der Waals surface area contributed by atoms with E-state index in [1.807, 2.05) is 20.8 Å². The van der Waals surface area contributed by atoms with Crippen LogP contribution in [-0.2, 0) is 14.9 Å². The second-order valence-corrected chi connectivity index (χ2v) is 6.32. The number of imidazole rings is 1. The van der Waals surface area contributed by atoms with Crippen molar-refractivity contribution in [3.05, 3.63) is 57.7 Å². The molecule has 0 spiro atoms. The summed E-state index contributed by atoms with van der Waals surface area (Å²) >= 11 is 0. The minimum atomic E-state index is -1.82. The Morgan fingerprint density at radius 2 is 1.96 bits per heavy atom. The Balaban J connectivity index is 2.32. The molecular weight excluding hydrogens is 330 g/mol. The molecule has 1 atom stereocenters. The van der Waals surface area contributed by atoms with Crippen molar-refractivity contribution in [2.24, 2.45) is 0 Å². The van der Waals surface area contributed by atoms with Crippen LogP contribution in [0.3, 0.4) is 0 Å². The van der Waals surface area contributed by atoms with Gasteiger partial charge in [-0.1, -0.05) is 32.9 Å². The Labute approximate surface area is 142 Å². The van der Waals surface area contributed by atoms with E-state index in [-0.39, 0.29) is 16.8 Å². The number of H-pyrrole nitrogens is 1. The molecule has 0 aliphatic carbocycles. The molecule has 1 unspecified atom stereocenters. The van der Waals surface area contributed by atoms with Crippen LogP contribution in [0.4, 0.5) is 5.69 Å². The second-order valence-electron chi connectivity index (χ2n) is 6.32. The van der Waals surface area contributed by atoms with Gasteiger partial charge in [0, 0.05) is 17.7 Å². The number of hydrogen-bond donors (Lipinski definition) is 2. The largest absolute Gasteiger partial charge is 0.478 e. The first-order valence-corrected chi connectivity index (χ1v) is 7.34. The van der Waals surface area contributed by atoms with Gasteiger partial charge in [0.2, 0.25) is 11.9 Å². The van der Waals surface area contributed by atoms with Gasteiger partial charge in [-0.25, -0.2) is 14.6 Å². The number of esters is 1. The molecule has 1 aromatic heterocycles. The lowest BCUT2D eigenvalue weighted by Crippen LogP contribution is -2.21. The van der Waals surface area contributed by atoms with Gasteiger partial charge in [0.25, 0.3) is 5.69 Å². The van der Waals surface area contributed by atoms with Crippen molar-refractivity contribution in [2.45, 2.75) is 32.3 Å². The number of aromatic nitrogens is 2. The molecule has 1 aromatic carbocycles. The van der Waals surface area contributed by atoms with Crippen molar-refractivity contribution in [1.82, 2.24) is 9.97 Å². The number of nitrogens with one attached hydrogen (secondary N) is 1. The minimum Gasteiger partial charge on any atom is -0.478 e. The van der Waals surface area contributed by atoms with Crippen LogP contribution in [0.2, 0.25) is 0 Å². The summed E-state index contributed by atoms with van der Waals surface area (Å²) < 4.78 is 4.96. The molecule has 0 amide bonds. The van der Waals surface area contributed by atoms with Crippen LogP contribution in [0.25, 0.3) is 0 Å². The topological polar surface area (TPSA) is 135 Å². The van der Waals surface area contributed by atoms with Gasteiger partial charge in [-0.15, -0.1) is 0 Å². The van der Waals surface area contributed by atoms with E-state index in [2.05, 4.69) is 9.97 Å². The van der Waals surface area contributed by atoms with E-state index in [0.717, 1.165) is 6.07 Å². The fourth-order valence-corrected chi connectivity index (χ4v) is 2.10. The highest BCUT2D eigenvalue weighted by atomic mass is 16.6. The van der Waals surface area contributed by atoms with Gasteiger partial charge in [0.05, 0.1) is 16.2 Å².